The van der Waals surface area contributed by atoms with Gasteiger partial charge in [-0.3, -0.25) is 0 Å². The molecule has 0 bridgehead atoms. The van der Waals surface area contributed by atoms with Gasteiger partial charge in [-0.2, -0.15) is 11.8 Å². The predicted octanol–water partition coefficient (Wildman–Crippen LogP) is 2.72. The number of hydrogen-bond donors (Lipinski definition) is 1. The van der Waals surface area contributed by atoms with Crippen LogP contribution < -0.4 is 5.73 Å². The summed E-state index contributed by atoms with van der Waals surface area (Å²) in [5.41, 5.74) is 7.16. The van der Waals surface area contributed by atoms with Gasteiger partial charge in [0.15, 0.2) is 0 Å². The number of aromatic nitrogens is 2. The lowest BCUT2D eigenvalue weighted by Gasteiger charge is -2.20. The molecular weight excluding hydrogens is 230 g/mol. The first-order valence-corrected chi connectivity index (χ1v) is 7.79. The highest BCUT2D eigenvalue weighted by atomic mass is 32.2. The molecule has 0 aliphatic carbocycles. The molecule has 0 saturated carbocycles. The number of imidazole rings is 1. The highest BCUT2D eigenvalue weighted by Crippen LogP contribution is 2.23. The SMILES string of the molecule is CSCCCCn1cncc1C(CN)C(C)C. The molecule has 17 heavy (non-hydrogen) atoms. The molecule has 1 heterocycles. The Morgan fingerprint density at radius 3 is 2.76 bits per heavy atom. The van der Waals surface area contributed by atoms with E-state index in [0.717, 1.165) is 6.54 Å². The number of rotatable bonds is 8. The minimum absolute atomic E-state index is 0.429. The third-order valence-corrected chi connectivity index (χ3v) is 3.88. The molecule has 0 aliphatic heterocycles. The summed E-state index contributed by atoms with van der Waals surface area (Å²) in [4.78, 5) is 4.27. The lowest BCUT2D eigenvalue weighted by Crippen LogP contribution is -2.21. The van der Waals surface area contributed by atoms with Crippen molar-refractivity contribution < 1.29 is 0 Å². The number of aryl methyl sites for hydroxylation is 1. The van der Waals surface area contributed by atoms with Crippen molar-refractivity contribution in [1.29, 1.82) is 0 Å². The molecule has 0 fully saturated rings. The first-order valence-electron chi connectivity index (χ1n) is 6.39. The fourth-order valence-corrected chi connectivity index (χ4v) is 2.58. The van der Waals surface area contributed by atoms with Gasteiger partial charge < -0.3 is 10.3 Å². The van der Waals surface area contributed by atoms with Gasteiger partial charge in [0, 0.05) is 30.9 Å². The van der Waals surface area contributed by atoms with E-state index >= 15 is 0 Å². The normalized spacial score (nSPS) is 13.2. The Morgan fingerprint density at radius 1 is 1.41 bits per heavy atom. The van der Waals surface area contributed by atoms with Crippen LogP contribution in [-0.4, -0.2) is 28.1 Å². The van der Waals surface area contributed by atoms with Crippen LogP contribution >= 0.6 is 11.8 Å². The topological polar surface area (TPSA) is 43.8 Å². The summed E-state index contributed by atoms with van der Waals surface area (Å²) in [5.74, 6) is 2.24. The average Bonchev–Trinajstić information content (AvgIpc) is 2.73. The Balaban J connectivity index is 2.58. The summed E-state index contributed by atoms with van der Waals surface area (Å²) >= 11 is 1.91. The second kappa shape index (κ2) is 7.77. The molecule has 1 unspecified atom stereocenters. The summed E-state index contributed by atoms with van der Waals surface area (Å²) in [6.45, 7) is 6.22. The van der Waals surface area contributed by atoms with Crippen molar-refractivity contribution in [2.75, 3.05) is 18.6 Å². The molecule has 1 aromatic heterocycles. The Hall–Kier alpha value is -0.480. The average molecular weight is 255 g/mol. The summed E-state index contributed by atoms with van der Waals surface area (Å²) in [7, 11) is 0. The van der Waals surface area contributed by atoms with E-state index in [9.17, 15) is 0 Å². The molecule has 2 N–H and O–H groups in total. The highest BCUT2D eigenvalue weighted by molar-refractivity contribution is 7.98. The monoisotopic (exact) mass is 255 g/mol. The van der Waals surface area contributed by atoms with Crippen LogP contribution in [0.2, 0.25) is 0 Å². The van der Waals surface area contributed by atoms with E-state index < -0.39 is 0 Å². The van der Waals surface area contributed by atoms with Gasteiger partial charge in [-0.25, -0.2) is 4.98 Å². The molecule has 1 atom stereocenters. The van der Waals surface area contributed by atoms with Gasteiger partial charge in [-0.1, -0.05) is 13.8 Å². The van der Waals surface area contributed by atoms with Crippen LogP contribution in [0.1, 0.15) is 38.3 Å². The van der Waals surface area contributed by atoms with Crippen molar-refractivity contribution >= 4 is 11.8 Å². The van der Waals surface area contributed by atoms with E-state index in [0.29, 0.717) is 18.4 Å². The third-order valence-electron chi connectivity index (χ3n) is 3.18. The molecule has 1 rings (SSSR count). The van der Waals surface area contributed by atoms with Crippen molar-refractivity contribution in [1.82, 2.24) is 9.55 Å². The fourth-order valence-electron chi connectivity index (χ4n) is 2.09. The largest absolute Gasteiger partial charge is 0.334 e. The van der Waals surface area contributed by atoms with Gasteiger partial charge in [-0.05, 0) is 30.8 Å². The van der Waals surface area contributed by atoms with Crippen LogP contribution in [0.5, 0.6) is 0 Å². The molecule has 1 aromatic rings. The Bertz CT molecular complexity index is 309. The zero-order valence-electron chi connectivity index (χ0n) is 11.2. The smallest absolute Gasteiger partial charge is 0.0948 e. The van der Waals surface area contributed by atoms with Gasteiger partial charge in [0.2, 0.25) is 0 Å². The predicted molar refractivity (Wildman–Crippen MR) is 76.5 cm³/mol. The summed E-state index contributed by atoms with van der Waals surface area (Å²) in [6.07, 6.45) is 8.57. The van der Waals surface area contributed by atoms with Gasteiger partial charge in [0.05, 0.1) is 6.33 Å². The van der Waals surface area contributed by atoms with Gasteiger partial charge >= 0.3 is 0 Å². The highest BCUT2D eigenvalue weighted by Gasteiger charge is 2.17. The van der Waals surface area contributed by atoms with E-state index in [1.54, 1.807) is 0 Å². The maximum atomic E-state index is 5.87. The zero-order valence-corrected chi connectivity index (χ0v) is 12.0. The van der Waals surface area contributed by atoms with E-state index in [1.165, 1.54) is 24.3 Å². The second-order valence-corrected chi connectivity index (χ2v) is 5.78. The van der Waals surface area contributed by atoms with Crippen LogP contribution in [0.15, 0.2) is 12.5 Å². The van der Waals surface area contributed by atoms with Crippen molar-refractivity contribution in [3.05, 3.63) is 18.2 Å². The van der Waals surface area contributed by atoms with E-state index in [-0.39, 0.29) is 0 Å². The van der Waals surface area contributed by atoms with Crippen LogP contribution in [0.4, 0.5) is 0 Å². The summed E-state index contributed by atoms with van der Waals surface area (Å²) in [5, 5.41) is 0. The minimum atomic E-state index is 0.429. The number of thioether (sulfide) groups is 1. The molecule has 0 radical (unpaired) electrons. The third kappa shape index (κ3) is 4.36. The Morgan fingerprint density at radius 2 is 2.18 bits per heavy atom. The molecule has 3 nitrogen and oxygen atoms in total. The number of nitrogens with two attached hydrogens (primary N) is 1. The molecule has 0 saturated heterocycles. The van der Waals surface area contributed by atoms with Crippen molar-refractivity contribution in [2.45, 2.75) is 39.2 Å². The second-order valence-electron chi connectivity index (χ2n) is 4.80. The first-order chi connectivity index (χ1) is 8.20. The molecule has 4 heteroatoms. The maximum Gasteiger partial charge on any atom is 0.0948 e. The molecule has 98 valence electrons. The van der Waals surface area contributed by atoms with Crippen LogP contribution in [0.3, 0.4) is 0 Å². The minimum Gasteiger partial charge on any atom is -0.334 e. The van der Waals surface area contributed by atoms with Crippen LogP contribution in [0, 0.1) is 5.92 Å². The zero-order chi connectivity index (χ0) is 12.7. The molecule has 0 spiro atoms. The summed E-state index contributed by atoms with van der Waals surface area (Å²) < 4.78 is 2.28. The Labute approximate surface area is 109 Å². The molecule has 0 aliphatic rings. The Kier molecular flexibility index (Phi) is 6.66. The lowest BCUT2D eigenvalue weighted by atomic mass is 9.93. The molecule has 0 aromatic carbocycles. The number of unbranched alkanes of at least 4 members (excludes halogenated alkanes) is 1. The lowest BCUT2D eigenvalue weighted by molar-refractivity contribution is 0.467. The van der Waals surface area contributed by atoms with Crippen molar-refractivity contribution in [3.63, 3.8) is 0 Å². The van der Waals surface area contributed by atoms with E-state index in [4.69, 9.17) is 5.73 Å². The van der Waals surface area contributed by atoms with Crippen molar-refractivity contribution in [2.24, 2.45) is 11.7 Å². The number of hydrogen-bond acceptors (Lipinski definition) is 3. The first kappa shape index (κ1) is 14.6. The van der Waals surface area contributed by atoms with Gasteiger partial charge in [0.25, 0.3) is 0 Å². The van der Waals surface area contributed by atoms with E-state index in [1.807, 2.05) is 24.3 Å². The van der Waals surface area contributed by atoms with Crippen LogP contribution in [0.25, 0.3) is 0 Å². The van der Waals surface area contributed by atoms with Gasteiger partial charge in [0.1, 0.15) is 0 Å². The summed E-state index contributed by atoms with van der Waals surface area (Å²) in [6, 6.07) is 0. The number of nitrogens with zero attached hydrogens (tertiary/aromatic N) is 2. The van der Waals surface area contributed by atoms with E-state index in [2.05, 4.69) is 29.7 Å². The molecular formula is C13H25N3S. The van der Waals surface area contributed by atoms with Crippen LogP contribution in [-0.2, 0) is 6.54 Å². The van der Waals surface area contributed by atoms with Gasteiger partial charge in [-0.15, -0.1) is 0 Å². The molecule has 0 amide bonds. The fraction of sp³-hybridized carbons (Fsp3) is 0.769. The quantitative estimate of drug-likeness (QED) is 0.726. The van der Waals surface area contributed by atoms with Crippen molar-refractivity contribution in [3.8, 4) is 0 Å². The standard InChI is InChI=1S/C13H25N3S/c1-11(2)12(8-14)13-9-15-10-16(13)6-4-5-7-17-3/h9-12H,4-8,14H2,1-3H3. The maximum absolute atomic E-state index is 5.87.